The molecule has 0 radical (unpaired) electrons. The van der Waals surface area contributed by atoms with Crippen molar-refractivity contribution in [3.63, 3.8) is 0 Å². The molecule has 23 heavy (non-hydrogen) atoms. The second-order valence-electron chi connectivity index (χ2n) is 4.86. The Labute approximate surface area is 142 Å². The van der Waals surface area contributed by atoms with Gasteiger partial charge in [0.25, 0.3) is 0 Å². The average molecular weight is 374 g/mol. The monoisotopic (exact) mass is 373 g/mol. The summed E-state index contributed by atoms with van der Waals surface area (Å²) < 4.78 is 0.905. The lowest BCUT2D eigenvalue weighted by atomic mass is 10.1. The molecule has 1 unspecified atom stereocenters. The van der Waals surface area contributed by atoms with E-state index in [1.54, 1.807) is 0 Å². The molecule has 0 aliphatic rings. The van der Waals surface area contributed by atoms with Crippen LogP contribution in [0.15, 0.2) is 64.2 Å². The van der Waals surface area contributed by atoms with E-state index in [2.05, 4.69) is 31.8 Å². The molecule has 0 saturated heterocycles. The Morgan fingerprint density at radius 3 is 2.52 bits per heavy atom. The number of hydrogen-bond donors (Lipinski definition) is 2. The van der Waals surface area contributed by atoms with Crippen LogP contribution in [0.4, 0.5) is 0 Å². The number of nitrogens with zero attached hydrogens (tertiary/aromatic N) is 1. The number of rotatable bonds is 4. The molecule has 0 bridgehead atoms. The molecule has 0 fully saturated rings. The maximum Gasteiger partial charge on any atom is 0.329 e. The van der Waals surface area contributed by atoms with Gasteiger partial charge in [-0.1, -0.05) is 58.4 Å². The molecule has 0 aliphatic heterocycles. The summed E-state index contributed by atoms with van der Waals surface area (Å²) in [6.45, 7) is 1.81. The Morgan fingerprint density at radius 1 is 1.09 bits per heavy atom. The van der Waals surface area contributed by atoms with Crippen LogP contribution in [0.5, 0.6) is 0 Å². The van der Waals surface area contributed by atoms with E-state index in [9.17, 15) is 9.59 Å². The SMILES string of the molecule is CC(NC(=O)C(=O)NN=Cc1cccc(Br)c1)c1ccccc1. The smallest absolute Gasteiger partial charge is 0.329 e. The van der Waals surface area contributed by atoms with Crippen LogP contribution in [0.25, 0.3) is 0 Å². The highest BCUT2D eigenvalue weighted by atomic mass is 79.9. The molecule has 6 heteroatoms. The van der Waals surface area contributed by atoms with Crippen LogP contribution < -0.4 is 10.7 Å². The first-order valence-electron chi connectivity index (χ1n) is 7.00. The van der Waals surface area contributed by atoms with Crippen LogP contribution in [0.1, 0.15) is 24.1 Å². The highest BCUT2D eigenvalue weighted by molar-refractivity contribution is 9.10. The summed E-state index contributed by atoms with van der Waals surface area (Å²) in [4.78, 5) is 23.5. The Bertz CT molecular complexity index is 717. The Hall–Kier alpha value is -2.47. The number of halogens is 1. The van der Waals surface area contributed by atoms with Gasteiger partial charge in [-0.15, -0.1) is 0 Å². The molecule has 5 nitrogen and oxygen atoms in total. The van der Waals surface area contributed by atoms with Gasteiger partial charge in [-0.25, -0.2) is 5.43 Å². The molecule has 118 valence electrons. The number of benzene rings is 2. The van der Waals surface area contributed by atoms with Crippen molar-refractivity contribution < 1.29 is 9.59 Å². The predicted octanol–water partition coefficient (Wildman–Crippen LogP) is 2.78. The molecule has 2 rings (SSSR count). The molecule has 0 saturated carbocycles. The zero-order valence-corrected chi connectivity index (χ0v) is 14.1. The summed E-state index contributed by atoms with van der Waals surface area (Å²) in [6, 6.07) is 16.6. The Balaban J connectivity index is 1.87. The van der Waals surface area contributed by atoms with Crippen LogP contribution in [-0.4, -0.2) is 18.0 Å². The van der Waals surface area contributed by atoms with Crippen molar-refractivity contribution in [2.45, 2.75) is 13.0 Å². The molecule has 2 N–H and O–H groups in total. The van der Waals surface area contributed by atoms with Crippen molar-refractivity contribution in [2.75, 3.05) is 0 Å². The zero-order valence-electron chi connectivity index (χ0n) is 12.5. The number of hydrazone groups is 1. The van der Waals surface area contributed by atoms with Crippen LogP contribution in [0.2, 0.25) is 0 Å². The van der Waals surface area contributed by atoms with Crippen molar-refractivity contribution in [3.8, 4) is 0 Å². The standard InChI is InChI=1S/C17H16BrN3O2/c1-12(14-7-3-2-4-8-14)20-16(22)17(23)21-19-11-13-6-5-9-15(18)10-13/h2-12H,1H3,(H,20,22)(H,21,23). The fraction of sp³-hybridized carbons (Fsp3) is 0.118. The maximum absolute atomic E-state index is 11.8. The minimum absolute atomic E-state index is 0.261. The number of hydrogen-bond acceptors (Lipinski definition) is 3. The van der Waals surface area contributed by atoms with Gasteiger partial charge in [-0.05, 0) is 30.2 Å². The van der Waals surface area contributed by atoms with Crippen molar-refractivity contribution in [2.24, 2.45) is 5.10 Å². The Kier molecular flexibility index (Phi) is 6.05. The fourth-order valence-corrected chi connectivity index (χ4v) is 2.31. The first-order valence-corrected chi connectivity index (χ1v) is 7.80. The van der Waals surface area contributed by atoms with Gasteiger partial charge in [0.05, 0.1) is 12.3 Å². The summed E-state index contributed by atoms with van der Waals surface area (Å²) in [7, 11) is 0. The van der Waals surface area contributed by atoms with Crippen LogP contribution >= 0.6 is 15.9 Å². The number of amides is 2. The maximum atomic E-state index is 11.8. The van der Waals surface area contributed by atoms with E-state index in [0.29, 0.717) is 0 Å². The fourth-order valence-electron chi connectivity index (χ4n) is 1.89. The number of nitrogens with one attached hydrogen (secondary N) is 2. The van der Waals surface area contributed by atoms with Gasteiger partial charge in [0.2, 0.25) is 0 Å². The highest BCUT2D eigenvalue weighted by Gasteiger charge is 2.16. The van der Waals surface area contributed by atoms with E-state index in [1.165, 1.54) is 6.21 Å². The van der Waals surface area contributed by atoms with Gasteiger partial charge in [0.15, 0.2) is 0 Å². The first-order chi connectivity index (χ1) is 11.1. The molecule has 0 spiro atoms. The summed E-state index contributed by atoms with van der Waals surface area (Å²) >= 11 is 3.34. The Morgan fingerprint density at radius 2 is 1.83 bits per heavy atom. The normalized spacial score (nSPS) is 11.9. The topological polar surface area (TPSA) is 70.6 Å². The second kappa shape index (κ2) is 8.24. The van der Waals surface area contributed by atoms with Crippen molar-refractivity contribution in [3.05, 3.63) is 70.2 Å². The molecule has 0 heterocycles. The molecular formula is C17H16BrN3O2. The summed E-state index contributed by atoms with van der Waals surface area (Å²) in [5.74, 6) is -1.54. The van der Waals surface area contributed by atoms with E-state index in [-0.39, 0.29) is 6.04 Å². The van der Waals surface area contributed by atoms with Gasteiger partial charge in [0.1, 0.15) is 0 Å². The molecule has 0 aromatic heterocycles. The summed E-state index contributed by atoms with van der Waals surface area (Å²) in [6.07, 6.45) is 1.47. The van der Waals surface area contributed by atoms with Crippen molar-refractivity contribution >= 4 is 34.0 Å². The quantitative estimate of drug-likeness (QED) is 0.491. The molecule has 2 aromatic carbocycles. The predicted molar refractivity (Wildman–Crippen MR) is 92.9 cm³/mol. The average Bonchev–Trinajstić information content (AvgIpc) is 2.55. The van der Waals surface area contributed by atoms with E-state index in [1.807, 2.05) is 61.5 Å². The number of carbonyl (C=O) groups is 2. The summed E-state index contributed by atoms with van der Waals surface area (Å²) in [5, 5.41) is 6.40. The van der Waals surface area contributed by atoms with Gasteiger partial charge in [0, 0.05) is 4.47 Å². The molecular weight excluding hydrogens is 358 g/mol. The molecule has 2 aromatic rings. The minimum atomic E-state index is -0.806. The van der Waals surface area contributed by atoms with E-state index in [0.717, 1.165) is 15.6 Å². The third kappa shape index (κ3) is 5.34. The largest absolute Gasteiger partial charge is 0.341 e. The van der Waals surface area contributed by atoms with Crippen LogP contribution in [0.3, 0.4) is 0 Å². The first kappa shape index (κ1) is 16.9. The third-order valence-electron chi connectivity index (χ3n) is 3.08. The van der Waals surface area contributed by atoms with Gasteiger partial charge >= 0.3 is 11.8 Å². The van der Waals surface area contributed by atoms with Gasteiger partial charge in [-0.3, -0.25) is 9.59 Å². The number of carbonyl (C=O) groups excluding carboxylic acids is 2. The van der Waals surface area contributed by atoms with E-state index < -0.39 is 11.8 Å². The summed E-state index contributed by atoms with van der Waals surface area (Å²) in [5.41, 5.74) is 3.94. The van der Waals surface area contributed by atoms with Crippen molar-refractivity contribution in [1.29, 1.82) is 0 Å². The minimum Gasteiger partial charge on any atom is -0.341 e. The third-order valence-corrected chi connectivity index (χ3v) is 3.58. The molecule has 2 amide bonds. The van der Waals surface area contributed by atoms with Gasteiger partial charge < -0.3 is 5.32 Å². The van der Waals surface area contributed by atoms with Crippen LogP contribution in [0, 0.1) is 0 Å². The van der Waals surface area contributed by atoms with Gasteiger partial charge in [-0.2, -0.15) is 5.10 Å². The van der Waals surface area contributed by atoms with E-state index >= 15 is 0 Å². The lowest BCUT2D eigenvalue weighted by Crippen LogP contribution is -2.39. The lowest BCUT2D eigenvalue weighted by molar-refractivity contribution is -0.139. The van der Waals surface area contributed by atoms with E-state index in [4.69, 9.17) is 0 Å². The molecule has 0 aliphatic carbocycles. The zero-order chi connectivity index (χ0) is 16.7. The molecule has 1 atom stereocenters. The highest BCUT2D eigenvalue weighted by Crippen LogP contribution is 2.11. The van der Waals surface area contributed by atoms with Crippen molar-refractivity contribution in [1.82, 2.24) is 10.7 Å². The lowest BCUT2D eigenvalue weighted by Gasteiger charge is -2.13. The second-order valence-corrected chi connectivity index (χ2v) is 5.78. The van der Waals surface area contributed by atoms with Crippen LogP contribution in [-0.2, 0) is 9.59 Å².